The lowest BCUT2D eigenvalue weighted by molar-refractivity contribution is 0.0211. The zero-order chi connectivity index (χ0) is 26.0. The molecule has 32 heavy (non-hydrogen) atoms. The predicted octanol–water partition coefficient (Wildman–Crippen LogP) is 7.80. The summed E-state index contributed by atoms with van der Waals surface area (Å²) in [7, 11) is 0. The number of piperazine rings is 1. The number of hydrogen-bond donors (Lipinski definition) is 0. The van der Waals surface area contributed by atoms with Crippen LogP contribution in [-0.2, 0) is 0 Å². The van der Waals surface area contributed by atoms with Crippen LogP contribution in [0, 0.1) is 11.3 Å². The highest BCUT2D eigenvalue weighted by atomic mass is 15.3. The third-order valence-corrected chi connectivity index (χ3v) is 6.85. The van der Waals surface area contributed by atoms with E-state index in [0.717, 1.165) is 5.92 Å². The van der Waals surface area contributed by atoms with Gasteiger partial charge in [-0.2, -0.15) is 0 Å². The Morgan fingerprint density at radius 3 is 0.812 bits per heavy atom. The molecule has 3 heteroatoms. The van der Waals surface area contributed by atoms with Gasteiger partial charge in [-0.25, -0.2) is 0 Å². The van der Waals surface area contributed by atoms with Gasteiger partial charge < -0.3 is 0 Å². The smallest absolute Gasteiger partial charge is 0.0126 e. The summed E-state index contributed by atoms with van der Waals surface area (Å²) in [5.41, 5.74) is 1.54. The molecule has 0 saturated carbocycles. The Labute approximate surface area is 205 Å². The number of nitrogens with zero attached hydrogens (tertiary/aromatic N) is 3. The summed E-state index contributed by atoms with van der Waals surface area (Å²) in [5, 5.41) is 0. The Balaban J connectivity index is 0. The maximum atomic E-state index is 2.62. The van der Waals surface area contributed by atoms with E-state index in [-0.39, 0.29) is 0 Å². The van der Waals surface area contributed by atoms with Crippen molar-refractivity contribution < 1.29 is 0 Å². The minimum atomic E-state index is 0.337. The van der Waals surface area contributed by atoms with Crippen LogP contribution in [0.15, 0.2) is 0 Å². The Kier molecular flexibility index (Phi) is 15.2. The molecule has 0 aromatic rings. The first-order valence-electron chi connectivity index (χ1n) is 13.7. The Bertz CT molecular complexity index is 353. The topological polar surface area (TPSA) is 9.72 Å². The van der Waals surface area contributed by atoms with Crippen molar-refractivity contribution in [2.75, 3.05) is 39.3 Å². The Morgan fingerprint density at radius 2 is 0.625 bits per heavy atom. The zero-order valence-corrected chi connectivity index (χ0v) is 25.6. The fourth-order valence-corrected chi connectivity index (χ4v) is 4.46. The minimum Gasteiger partial charge on any atom is -0.298 e. The summed E-state index contributed by atoms with van der Waals surface area (Å²) >= 11 is 0. The lowest BCUT2D eigenvalue weighted by Crippen LogP contribution is -2.57. The van der Waals surface area contributed by atoms with Gasteiger partial charge in [-0.1, -0.05) is 48.5 Å². The third-order valence-electron chi connectivity index (χ3n) is 6.85. The monoisotopic (exact) mass is 456 g/mol. The first-order valence-corrected chi connectivity index (χ1v) is 13.7. The summed E-state index contributed by atoms with van der Waals surface area (Å²) in [6.07, 6.45) is 2.75. The van der Waals surface area contributed by atoms with Crippen molar-refractivity contribution >= 4 is 0 Å². The van der Waals surface area contributed by atoms with Crippen molar-refractivity contribution in [3.8, 4) is 0 Å². The molecule has 2 heterocycles. The molecule has 0 unspecified atom stereocenters. The average Bonchev–Trinajstić information content (AvgIpc) is 2.69. The Hall–Kier alpha value is -0.120. The highest BCUT2D eigenvalue weighted by molar-refractivity contribution is 4.87. The van der Waals surface area contributed by atoms with Gasteiger partial charge in [0.25, 0.3) is 0 Å². The van der Waals surface area contributed by atoms with Gasteiger partial charge in [0.2, 0.25) is 0 Å². The molecule has 2 saturated heterocycles. The number of rotatable bonds is 0. The second kappa shape index (κ2) is 14.3. The van der Waals surface area contributed by atoms with Crippen LogP contribution >= 0.6 is 0 Å². The molecule has 0 radical (unpaired) electrons. The third kappa shape index (κ3) is 12.9. The fraction of sp³-hybridized carbons (Fsp3) is 1.00. The van der Waals surface area contributed by atoms with E-state index in [1.54, 1.807) is 0 Å². The highest BCUT2D eigenvalue weighted by Crippen LogP contribution is 2.35. The number of piperidine rings is 1. The average molecular weight is 456 g/mol. The van der Waals surface area contributed by atoms with E-state index in [2.05, 4.69) is 97.8 Å². The largest absolute Gasteiger partial charge is 0.298 e. The fourth-order valence-electron chi connectivity index (χ4n) is 4.46. The second-order valence-electron chi connectivity index (χ2n) is 13.1. The van der Waals surface area contributed by atoms with Crippen LogP contribution in [0.1, 0.15) is 124 Å². The van der Waals surface area contributed by atoms with Crippen molar-refractivity contribution in [1.82, 2.24) is 14.7 Å². The highest BCUT2D eigenvalue weighted by Gasteiger charge is 2.32. The first kappa shape index (κ1) is 34.0. The zero-order valence-electron chi connectivity index (χ0n) is 25.6. The van der Waals surface area contributed by atoms with Gasteiger partial charge in [-0.05, 0) is 99.6 Å². The predicted molar refractivity (Wildman–Crippen MR) is 149 cm³/mol. The second-order valence-corrected chi connectivity index (χ2v) is 13.1. The quantitative estimate of drug-likeness (QED) is 0.369. The number of likely N-dealkylation sites (tertiary alicyclic amines) is 1. The summed E-state index contributed by atoms with van der Waals surface area (Å²) in [4.78, 5) is 7.78. The van der Waals surface area contributed by atoms with Crippen LogP contribution in [0.4, 0.5) is 0 Å². The maximum absolute atomic E-state index is 2.62. The first-order chi connectivity index (χ1) is 14.4. The van der Waals surface area contributed by atoms with Gasteiger partial charge >= 0.3 is 0 Å². The molecule has 2 rings (SSSR count). The van der Waals surface area contributed by atoms with E-state index >= 15 is 0 Å². The molecule has 2 aliphatic heterocycles. The van der Waals surface area contributed by atoms with Crippen LogP contribution in [-0.4, -0.2) is 70.6 Å². The standard InChI is InChI=1S/C13H27N.C12H26N2.2C2H6/c1-12(2,3)11-7-9-14(10-8-11)13(4,5)6;1-11(2,3)13-7-9-14(10-8-13)12(4,5)6;2*1-2/h11H,7-10H2,1-6H3;7-10H2,1-6H3;2*1-2H3. The molecular formula is C29H65N3. The molecule has 0 bridgehead atoms. The van der Waals surface area contributed by atoms with Crippen molar-refractivity contribution in [2.24, 2.45) is 11.3 Å². The molecule has 0 atom stereocenters. The lowest BCUT2D eigenvalue weighted by atomic mass is 9.75. The molecule has 0 aliphatic carbocycles. The van der Waals surface area contributed by atoms with Crippen LogP contribution in [0.2, 0.25) is 0 Å². The van der Waals surface area contributed by atoms with Gasteiger partial charge in [0.05, 0.1) is 0 Å². The van der Waals surface area contributed by atoms with Crippen molar-refractivity contribution in [3.05, 3.63) is 0 Å². The van der Waals surface area contributed by atoms with E-state index in [4.69, 9.17) is 0 Å². The molecule has 196 valence electrons. The van der Waals surface area contributed by atoms with Gasteiger partial charge in [-0.15, -0.1) is 0 Å². The van der Waals surface area contributed by atoms with Gasteiger partial charge in [0, 0.05) is 42.8 Å². The van der Waals surface area contributed by atoms with Crippen molar-refractivity contribution in [1.29, 1.82) is 0 Å². The number of hydrogen-bond acceptors (Lipinski definition) is 3. The molecule has 0 N–H and O–H groups in total. The maximum Gasteiger partial charge on any atom is 0.0126 e. The summed E-state index contributed by atoms with van der Waals surface area (Å²) in [6, 6.07) is 0. The molecular weight excluding hydrogens is 390 g/mol. The lowest BCUT2D eigenvalue weighted by Gasteiger charge is -2.46. The molecule has 2 fully saturated rings. The van der Waals surface area contributed by atoms with E-state index in [0.29, 0.717) is 22.0 Å². The van der Waals surface area contributed by atoms with Crippen LogP contribution in [0.3, 0.4) is 0 Å². The summed E-state index contributed by atoms with van der Waals surface area (Å²) < 4.78 is 0. The van der Waals surface area contributed by atoms with Gasteiger partial charge in [0.15, 0.2) is 0 Å². The molecule has 0 amide bonds. The van der Waals surface area contributed by atoms with Crippen molar-refractivity contribution in [3.63, 3.8) is 0 Å². The van der Waals surface area contributed by atoms with E-state index in [9.17, 15) is 0 Å². The summed E-state index contributed by atoms with van der Waals surface area (Å²) in [5.74, 6) is 0.918. The van der Waals surface area contributed by atoms with Gasteiger partial charge in [-0.3, -0.25) is 14.7 Å². The Morgan fingerprint density at radius 1 is 0.406 bits per heavy atom. The molecule has 0 aromatic carbocycles. The van der Waals surface area contributed by atoms with Gasteiger partial charge in [0.1, 0.15) is 0 Å². The van der Waals surface area contributed by atoms with E-state index in [1.165, 1.54) is 52.1 Å². The minimum absolute atomic E-state index is 0.337. The molecule has 0 spiro atoms. The van der Waals surface area contributed by atoms with Crippen LogP contribution < -0.4 is 0 Å². The molecule has 3 nitrogen and oxygen atoms in total. The summed E-state index contributed by atoms with van der Waals surface area (Å²) in [6.45, 7) is 43.3. The SMILES string of the molecule is CC.CC.CC(C)(C)C1CCN(C(C)(C)C)CC1.CC(C)(C)N1CCN(C(C)(C)C)CC1. The van der Waals surface area contributed by atoms with E-state index < -0.39 is 0 Å². The van der Waals surface area contributed by atoms with Crippen molar-refractivity contribution in [2.45, 2.75) is 140 Å². The van der Waals surface area contributed by atoms with E-state index in [1.807, 2.05) is 27.7 Å². The van der Waals surface area contributed by atoms with Crippen LogP contribution in [0.5, 0.6) is 0 Å². The molecule has 0 aromatic heterocycles. The normalized spacial score (nSPS) is 20.2. The van der Waals surface area contributed by atoms with Crippen LogP contribution in [0.25, 0.3) is 0 Å². The molecule has 2 aliphatic rings.